The Bertz CT molecular complexity index is 3080. The van der Waals surface area contributed by atoms with Crippen LogP contribution in [0.3, 0.4) is 0 Å². The van der Waals surface area contributed by atoms with Crippen LogP contribution in [-0.4, -0.2) is 101 Å². The van der Waals surface area contributed by atoms with E-state index >= 15 is 0 Å². The first-order valence-corrected chi connectivity index (χ1v) is 20.4. The van der Waals surface area contributed by atoms with Crippen molar-refractivity contribution in [3.8, 4) is 86.2 Å². The van der Waals surface area contributed by atoms with E-state index in [1.807, 2.05) is 0 Å². The van der Waals surface area contributed by atoms with Gasteiger partial charge in [-0.3, -0.25) is 4.79 Å². The average Bonchev–Trinajstić information content (AvgIpc) is 3.25. The predicted octanol–water partition coefficient (Wildman–Crippen LogP) is 4.26. The van der Waals surface area contributed by atoms with E-state index in [-0.39, 0.29) is 50.4 Å². The van der Waals surface area contributed by atoms with Gasteiger partial charge in [0.1, 0.15) is 70.1 Å². The third-order valence-corrected chi connectivity index (χ3v) is 12.9. The SMILES string of the molecule is O=C(O)CC1c2c(O)cc(O)c(C3c4c(O)cc5c(c4OC(c4ccc(O)c(O)c4)C3O)C3c4c(O)cc(O)cc4OC(c4ccc(O)c(O)c4)(O5)C3O)c2OC(c2ccc(O)c(O)c2)C1O. The fourth-order valence-corrected chi connectivity index (χ4v) is 9.89. The number of hydrogen-bond acceptors (Lipinski definition) is 19. The van der Waals surface area contributed by atoms with Crippen LogP contribution in [0.1, 0.15) is 80.9 Å². The second kappa shape index (κ2) is 14.9. The number of aromatic hydroxyl groups is 11. The molecule has 4 aliphatic heterocycles. The van der Waals surface area contributed by atoms with Crippen LogP contribution < -0.4 is 18.9 Å². The molecule has 0 fully saturated rings. The molecule has 20 nitrogen and oxygen atoms in total. The summed E-state index contributed by atoms with van der Waals surface area (Å²) in [6.07, 6.45) is -9.84. The fourth-order valence-electron chi connectivity index (χ4n) is 9.89. The molecule has 4 aliphatic rings. The highest BCUT2D eigenvalue weighted by Gasteiger charge is 2.61. The van der Waals surface area contributed by atoms with Crippen LogP contribution in [0, 0.1) is 0 Å². The number of phenols is 11. The van der Waals surface area contributed by atoms with Crippen molar-refractivity contribution >= 4 is 5.97 Å². The first kappa shape index (κ1) is 42.6. The molecule has 0 amide bonds. The van der Waals surface area contributed by atoms with Crippen molar-refractivity contribution in [1.82, 2.24) is 0 Å². The lowest BCUT2D eigenvalue weighted by atomic mass is 9.71. The first-order valence-electron chi connectivity index (χ1n) is 20.4. The zero-order valence-electron chi connectivity index (χ0n) is 34.1. The van der Waals surface area contributed by atoms with Crippen LogP contribution in [0.15, 0.2) is 78.9 Å². The number of hydrogen-bond donors (Lipinski definition) is 15. The van der Waals surface area contributed by atoms with Crippen LogP contribution >= 0.6 is 0 Å². The molecule has 6 aromatic carbocycles. The number of aliphatic hydroxyl groups excluding tert-OH is 3. The van der Waals surface area contributed by atoms with E-state index in [2.05, 4.69) is 0 Å². The predicted molar refractivity (Wildman–Crippen MR) is 223 cm³/mol. The molecular formula is C47H38O20. The van der Waals surface area contributed by atoms with Gasteiger partial charge in [0.2, 0.25) is 0 Å². The third kappa shape index (κ3) is 6.28. The molecule has 2 bridgehead atoms. The number of phenolic OH excluding ortho intramolecular Hbond substituents is 11. The third-order valence-electron chi connectivity index (χ3n) is 12.9. The molecule has 0 saturated heterocycles. The van der Waals surface area contributed by atoms with E-state index in [9.17, 15) is 81.4 Å². The average molecular weight is 923 g/mol. The summed E-state index contributed by atoms with van der Waals surface area (Å²) >= 11 is 0. The minimum Gasteiger partial charge on any atom is -0.508 e. The lowest BCUT2D eigenvalue weighted by Crippen LogP contribution is -2.57. The maximum absolute atomic E-state index is 12.7. The molecule has 4 heterocycles. The lowest BCUT2D eigenvalue weighted by molar-refractivity contribution is -0.219. The number of fused-ring (bicyclic) bond motifs is 9. The molecule has 15 N–H and O–H groups in total. The van der Waals surface area contributed by atoms with Crippen molar-refractivity contribution in [2.24, 2.45) is 0 Å². The minimum absolute atomic E-state index is 0.0134. The van der Waals surface area contributed by atoms with Crippen molar-refractivity contribution < 1.29 is 100 Å². The van der Waals surface area contributed by atoms with Gasteiger partial charge >= 0.3 is 11.8 Å². The van der Waals surface area contributed by atoms with Gasteiger partial charge < -0.3 is 95.5 Å². The van der Waals surface area contributed by atoms with Gasteiger partial charge in [-0.1, -0.05) is 12.1 Å². The highest BCUT2D eigenvalue weighted by atomic mass is 16.7. The van der Waals surface area contributed by atoms with Gasteiger partial charge in [0.05, 0.1) is 18.3 Å². The molecule has 6 aromatic rings. The first-order chi connectivity index (χ1) is 31.8. The maximum atomic E-state index is 12.7. The highest BCUT2D eigenvalue weighted by molar-refractivity contribution is 5.74. The molecule has 0 saturated carbocycles. The summed E-state index contributed by atoms with van der Waals surface area (Å²) in [4.78, 5) is 12.4. The van der Waals surface area contributed by atoms with E-state index in [0.717, 1.165) is 60.7 Å². The van der Waals surface area contributed by atoms with Crippen molar-refractivity contribution in [1.29, 1.82) is 0 Å². The molecule has 0 aliphatic carbocycles. The van der Waals surface area contributed by atoms with Crippen LogP contribution in [0.25, 0.3) is 0 Å². The molecule has 0 aromatic heterocycles. The fraction of sp³-hybridized carbons (Fsp3) is 0.213. The van der Waals surface area contributed by atoms with Crippen LogP contribution in [0.4, 0.5) is 0 Å². The summed E-state index contributed by atoms with van der Waals surface area (Å²) in [6, 6.07) is 14.0. The molecule has 0 spiro atoms. The number of carboxylic acid groups (broad SMARTS) is 1. The lowest BCUT2D eigenvalue weighted by Gasteiger charge is -2.51. The van der Waals surface area contributed by atoms with Crippen LogP contribution in [-0.2, 0) is 10.6 Å². The molecule has 0 radical (unpaired) electrons. The Kier molecular flexibility index (Phi) is 9.45. The van der Waals surface area contributed by atoms with Gasteiger partial charge in [-0.05, 0) is 53.6 Å². The van der Waals surface area contributed by atoms with Crippen LogP contribution in [0.2, 0.25) is 0 Å². The smallest absolute Gasteiger partial charge is 0.305 e. The number of ether oxygens (including phenoxy) is 4. The molecule has 20 heteroatoms. The van der Waals surface area contributed by atoms with Crippen molar-refractivity contribution in [3.05, 3.63) is 123 Å². The number of rotatable bonds is 6. The van der Waals surface area contributed by atoms with Gasteiger partial charge in [0, 0.05) is 63.6 Å². The molecule has 346 valence electrons. The summed E-state index contributed by atoms with van der Waals surface area (Å²) < 4.78 is 25.6. The largest absolute Gasteiger partial charge is 0.508 e. The Morgan fingerprint density at radius 1 is 0.478 bits per heavy atom. The van der Waals surface area contributed by atoms with Crippen molar-refractivity contribution in [3.63, 3.8) is 0 Å². The van der Waals surface area contributed by atoms with Crippen molar-refractivity contribution in [2.75, 3.05) is 0 Å². The van der Waals surface area contributed by atoms with E-state index in [0.29, 0.717) is 0 Å². The van der Waals surface area contributed by atoms with E-state index < -0.39 is 147 Å². The highest BCUT2D eigenvalue weighted by Crippen LogP contribution is 2.66. The Balaban J connectivity index is 1.27. The van der Waals surface area contributed by atoms with Crippen LogP contribution in [0.5, 0.6) is 86.2 Å². The Morgan fingerprint density at radius 3 is 1.54 bits per heavy atom. The summed E-state index contributed by atoms with van der Waals surface area (Å²) in [5.74, 6) is -17.2. The van der Waals surface area contributed by atoms with Gasteiger partial charge in [0.15, 0.2) is 46.7 Å². The minimum atomic E-state index is -2.37. The maximum Gasteiger partial charge on any atom is 0.305 e. The number of carbonyl (C=O) groups is 1. The molecule has 9 atom stereocenters. The zero-order valence-corrected chi connectivity index (χ0v) is 34.1. The summed E-state index contributed by atoms with van der Waals surface area (Å²) in [6.45, 7) is 0. The normalized spacial score (nSPS) is 25.4. The number of aliphatic carboxylic acids is 1. The van der Waals surface area contributed by atoms with Crippen molar-refractivity contribution in [2.45, 2.75) is 60.5 Å². The summed E-state index contributed by atoms with van der Waals surface area (Å²) in [5, 5.41) is 167. The Labute approximate surface area is 375 Å². The standard InChI is InChI=1S/C47H38O20/c48-18-10-26(55)34-30(11-18)66-47(17-3-6-22(51)25(54)9-17)46(63)39(34)37-31(67-47)14-29(58)36-38(41(62)43(65-45(36)37)16-2-5-21(50)24(53)8-16)35-28(57)13-27(56)33-19(12-32(59)60)40(61)42(64-44(33)35)15-1-4-20(49)23(52)7-15/h1-11,13-14,19,38-43,46,48-58,61-63H,12H2,(H,59,60). The molecule has 9 unspecified atom stereocenters. The van der Waals surface area contributed by atoms with Gasteiger partial charge in [-0.2, -0.15) is 0 Å². The van der Waals surface area contributed by atoms with E-state index in [4.69, 9.17) is 18.9 Å². The second-order valence-corrected chi connectivity index (χ2v) is 16.7. The van der Waals surface area contributed by atoms with Gasteiger partial charge in [0.25, 0.3) is 0 Å². The molecular weight excluding hydrogens is 884 g/mol. The number of benzene rings is 6. The monoisotopic (exact) mass is 922 g/mol. The summed E-state index contributed by atoms with van der Waals surface area (Å²) in [7, 11) is 0. The second-order valence-electron chi connectivity index (χ2n) is 16.7. The van der Waals surface area contributed by atoms with E-state index in [1.165, 1.54) is 18.2 Å². The molecule has 67 heavy (non-hydrogen) atoms. The number of carboxylic acids is 1. The topological polar surface area (TPSA) is 357 Å². The molecule has 10 rings (SSSR count). The zero-order chi connectivity index (χ0) is 47.7. The van der Waals surface area contributed by atoms with E-state index in [1.54, 1.807) is 0 Å². The Hall–Kier alpha value is -8.33. The van der Waals surface area contributed by atoms with Gasteiger partial charge in [-0.15, -0.1) is 0 Å². The number of aliphatic hydroxyl groups is 3. The van der Waals surface area contributed by atoms with Gasteiger partial charge in [-0.25, -0.2) is 0 Å². The Morgan fingerprint density at radius 2 is 0.970 bits per heavy atom. The summed E-state index contributed by atoms with van der Waals surface area (Å²) in [5.41, 5.74) is -1.63. The quantitative estimate of drug-likeness (QED) is 0.104.